The highest BCUT2D eigenvalue weighted by Crippen LogP contribution is 2.30. The lowest BCUT2D eigenvalue weighted by Gasteiger charge is -2.27. The minimum atomic E-state index is -3.35. The Morgan fingerprint density at radius 1 is 1.61 bits per heavy atom. The summed E-state index contributed by atoms with van der Waals surface area (Å²) in [5, 5.41) is 5.09. The molecule has 7 heteroatoms. The van der Waals surface area contributed by atoms with Gasteiger partial charge in [-0.05, 0) is 59.2 Å². The Balaban J connectivity index is 2.08. The first-order valence-electron chi connectivity index (χ1n) is 5.92. The normalized spacial score (nSPS) is 21.4. The molecule has 1 atom stereocenters. The van der Waals surface area contributed by atoms with E-state index in [-0.39, 0.29) is 0 Å². The van der Waals surface area contributed by atoms with Crippen LogP contribution in [0.25, 0.3) is 0 Å². The Labute approximate surface area is 121 Å². The zero-order valence-electron chi connectivity index (χ0n) is 10.2. The third-order valence-corrected chi connectivity index (χ3v) is 7.61. The molecule has 1 aromatic heterocycles. The molecule has 18 heavy (non-hydrogen) atoms. The van der Waals surface area contributed by atoms with Gasteiger partial charge in [-0.3, -0.25) is 0 Å². The van der Waals surface area contributed by atoms with Crippen LogP contribution >= 0.6 is 27.3 Å². The maximum atomic E-state index is 12.4. The van der Waals surface area contributed by atoms with Crippen molar-refractivity contribution < 1.29 is 8.42 Å². The maximum absolute atomic E-state index is 12.4. The van der Waals surface area contributed by atoms with Crippen LogP contribution in [0.3, 0.4) is 0 Å². The van der Waals surface area contributed by atoms with Crippen LogP contribution in [-0.2, 0) is 10.0 Å². The summed E-state index contributed by atoms with van der Waals surface area (Å²) in [7, 11) is -1.69. The summed E-state index contributed by atoms with van der Waals surface area (Å²) in [6, 6.07) is 1.77. The number of hydrogen-bond acceptors (Lipinski definition) is 4. The molecule has 0 bridgehead atoms. The Morgan fingerprint density at radius 2 is 2.39 bits per heavy atom. The molecule has 0 aliphatic carbocycles. The van der Waals surface area contributed by atoms with Crippen molar-refractivity contribution in [2.45, 2.75) is 17.1 Å². The standard InChI is InChI=1S/C11H17BrN2O2S2/c1-14(8-9-3-2-5-13-7-9)18(15,16)11-10(12)4-6-17-11/h4,6,9,13H,2-3,5,7-8H2,1H3. The van der Waals surface area contributed by atoms with Gasteiger partial charge in [0.2, 0.25) is 0 Å². The highest BCUT2D eigenvalue weighted by atomic mass is 79.9. The monoisotopic (exact) mass is 352 g/mol. The Bertz CT molecular complexity index is 495. The van der Waals surface area contributed by atoms with Crippen molar-refractivity contribution in [1.82, 2.24) is 9.62 Å². The lowest BCUT2D eigenvalue weighted by Crippen LogP contribution is -2.39. The van der Waals surface area contributed by atoms with Crippen molar-refractivity contribution >= 4 is 37.3 Å². The summed E-state index contributed by atoms with van der Waals surface area (Å²) in [6.07, 6.45) is 2.22. The highest BCUT2D eigenvalue weighted by molar-refractivity contribution is 9.10. The Hall–Kier alpha value is 0.0500. The zero-order chi connectivity index (χ0) is 13.2. The SMILES string of the molecule is CN(CC1CCCNC1)S(=O)(=O)c1sccc1Br. The molecule has 0 radical (unpaired) electrons. The number of piperidine rings is 1. The van der Waals surface area contributed by atoms with Crippen LogP contribution in [0.5, 0.6) is 0 Å². The summed E-state index contributed by atoms with van der Waals surface area (Å²) in [5.41, 5.74) is 0. The van der Waals surface area contributed by atoms with Gasteiger partial charge in [0, 0.05) is 18.1 Å². The predicted octanol–water partition coefficient (Wildman–Crippen LogP) is 2.13. The fourth-order valence-electron chi connectivity index (χ4n) is 2.15. The molecule has 0 saturated carbocycles. The van der Waals surface area contributed by atoms with E-state index in [0.29, 0.717) is 21.1 Å². The number of halogens is 1. The van der Waals surface area contributed by atoms with E-state index < -0.39 is 10.0 Å². The summed E-state index contributed by atoms with van der Waals surface area (Å²) >= 11 is 4.54. The quantitative estimate of drug-likeness (QED) is 0.902. The topological polar surface area (TPSA) is 49.4 Å². The molecule has 1 aliphatic rings. The van der Waals surface area contributed by atoms with Gasteiger partial charge in [0.05, 0.1) is 0 Å². The highest BCUT2D eigenvalue weighted by Gasteiger charge is 2.27. The summed E-state index contributed by atoms with van der Waals surface area (Å²) in [5.74, 6) is 0.414. The molecule has 1 fully saturated rings. The van der Waals surface area contributed by atoms with Crippen LogP contribution < -0.4 is 5.32 Å². The maximum Gasteiger partial charge on any atom is 0.253 e. The fraction of sp³-hybridized carbons (Fsp3) is 0.636. The van der Waals surface area contributed by atoms with Gasteiger partial charge in [0.25, 0.3) is 10.0 Å². The van der Waals surface area contributed by atoms with Crippen LogP contribution in [0, 0.1) is 5.92 Å². The largest absolute Gasteiger partial charge is 0.316 e. The van der Waals surface area contributed by atoms with Crippen LogP contribution in [-0.4, -0.2) is 39.4 Å². The van der Waals surface area contributed by atoms with E-state index in [4.69, 9.17) is 0 Å². The second-order valence-corrected chi connectivity index (χ2v) is 8.56. The number of sulfonamides is 1. The molecule has 1 N–H and O–H groups in total. The molecule has 1 aromatic rings. The summed E-state index contributed by atoms with van der Waals surface area (Å²) in [6.45, 7) is 2.54. The van der Waals surface area contributed by atoms with Crippen LogP contribution in [0.2, 0.25) is 0 Å². The van der Waals surface area contributed by atoms with E-state index in [1.807, 2.05) is 0 Å². The number of hydrogen-bond donors (Lipinski definition) is 1. The third-order valence-electron chi connectivity index (χ3n) is 3.14. The first kappa shape index (κ1) is 14.5. The predicted molar refractivity (Wildman–Crippen MR) is 77.4 cm³/mol. The van der Waals surface area contributed by atoms with E-state index in [1.54, 1.807) is 18.5 Å². The van der Waals surface area contributed by atoms with Gasteiger partial charge in [-0.15, -0.1) is 11.3 Å². The van der Waals surface area contributed by atoms with E-state index >= 15 is 0 Å². The second kappa shape index (κ2) is 6.00. The molecule has 1 saturated heterocycles. The fourth-order valence-corrected chi connectivity index (χ4v) is 5.90. The summed E-state index contributed by atoms with van der Waals surface area (Å²) in [4.78, 5) is 0. The van der Waals surface area contributed by atoms with Crippen molar-refractivity contribution in [3.8, 4) is 0 Å². The minimum Gasteiger partial charge on any atom is -0.316 e. The average molecular weight is 353 g/mol. The van der Waals surface area contributed by atoms with Gasteiger partial charge in [0.1, 0.15) is 4.21 Å². The smallest absolute Gasteiger partial charge is 0.253 e. The van der Waals surface area contributed by atoms with Crippen molar-refractivity contribution in [3.63, 3.8) is 0 Å². The second-order valence-electron chi connectivity index (χ2n) is 4.55. The number of rotatable bonds is 4. The van der Waals surface area contributed by atoms with E-state index in [2.05, 4.69) is 21.2 Å². The molecule has 1 unspecified atom stereocenters. The van der Waals surface area contributed by atoms with Crippen molar-refractivity contribution in [2.75, 3.05) is 26.7 Å². The van der Waals surface area contributed by atoms with E-state index in [1.165, 1.54) is 15.6 Å². The molecule has 2 heterocycles. The van der Waals surface area contributed by atoms with Gasteiger partial charge in [-0.25, -0.2) is 8.42 Å². The van der Waals surface area contributed by atoms with Gasteiger partial charge < -0.3 is 5.32 Å². The molecule has 2 rings (SSSR count). The van der Waals surface area contributed by atoms with Gasteiger partial charge in [-0.2, -0.15) is 4.31 Å². The molecule has 0 amide bonds. The van der Waals surface area contributed by atoms with Crippen molar-refractivity contribution in [3.05, 3.63) is 15.9 Å². The first-order valence-corrected chi connectivity index (χ1v) is 9.03. The number of nitrogens with zero attached hydrogens (tertiary/aromatic N) is 1. The van der Waals surface area contributed by atoms with Crippen molar-refractivity contribution in [1.29, 1.82) is 0 Å². The molecular weight excluding hydrogens is 336 g/mol. The lowest BCUT2D eigenvalue weighted by atomic mass is 10.00. The van der Waals surface area contributed by atoms with Gasteiger partial charge in [0.15, 0.2) is 0 Å². The molecule has 0 spiro atoms. The zero-order valence-corrected chi connectivity index (χ0v) is 13.4. The van der Waals surface area contributed by atoms with E-state index in [9.17, 15) is 8.42 Å². The van der Waals surface area contributed by atoms with Crippen molar-refractivity contribution in [2.24, 2.45) is 5.92 Å². The van der Waals surface area contributed by atoms with Gasteiger partial charge >= 0.3 is 0 Å². The number of thiophene rings is 1. The average Bonchev–Trinajstić information content (AvgIpc) is 2.77. The minimum absolute atomic E-state index is 0.397. The molecule has 102 valence electrons. The third kappa shape index (κ3) is 3.14. The number of nitrogens with one attached hydrogen (secondary N) is 1. The van der Waals surface area contributed by atoms with E-state index in [0.717, 1.165) is 25.9 Å². The lowest BCUT2D eigenvalue weighted by molar-refractivity contribution is 0.315. The van der Waals surface area contributed by atoms with Crippen LogP contribution in [0.1, 0.15) is 12.8 Å². The van der Waals surface area contributed by atoms with Crippen LogP contribution in [0.15, 0.2) is 20.1 Å². The Kier molecular flexibility index (Phi) is 4.82. The molecule has 4 nitrogen and oxygen atoms in total. The van der Waals surface area contributed by atoms with Gasteiger partial charge in [-0.1, -0.05) is 0 Å². The molecular formula is C11H17BrN2O2S2. The molecule has 0 aromatic carbocycles. The first-order chi connectivity index (χ1) is 8.51. The van der Waals surface area contributed by atoms with Crippen LogP contribution in [0.4, 0.5) is 0 Å². The Morgan fingerprint density at radius 3 is 2.94 bits per heavy atom. The summed E-state index contributed by atoms with van der Waals surface area (Å²) < 4.78 is 27.3. The molecule has 1 aliphatic heterocycles.